The zero-order valence-corrected chi connectivity index (χ0v) is 12.4. The fourth-order valence-corrected chi connectivity index (χ4v) is 2.01. The number of nitrogens with one attached hydrogen (secondary N) is 1. The van der Waals surface area contributed by atoms with E-state index in [4.69, 9.17) is 0 Å². The first kappa shape index (κ1) is 15.5. The van der Waals surface area contributed by atoms with Crippen LogP contribution in [0.4, 0.5) is 11.4 Å². The molecular formula is C16H17N3O3. The van der Waals surface area contributed by atoms with Crippen molar-refractivity contribution >= 4 is 17.3 Å². The van der Waals surface area contributed by atoms with Gasteiger partial charge in [0.05, 0.1) is 4.92 Å². The number of nitro benzene ring substituents is 1. The molecule has 0 unspecified atom stereocenters. The number of carbonyl (C=O) groups is 1. The summed E-state index contributed by atoms with van der Waals surface area (Å²) in [4.78, 5) is 24.4. The van der Waals surface area contributed by atoms with Gasteiger partial charge in [-0.2, -0.15) is 0 Å². The van der Waals surface area contributed by atoms with E-state index in [1.807, 2.05) is 43.3 Å². The quantitative estimate of drug-likeness (QED) is 0.680. The summed E-state index contributed by atoms with van der Waals surface area (Å²) in [6.45, 7) is 0.318. The van der Waals surface area contributed by atoms with Crippen molar-refractivity contribution in [2.45, 2.75) is 6.54 Å². The SMILES string of the molecule is CN(C)c1ccc(CNC(=O)c2ccccc2[N+](=O)[O-])cc1. The van der Waals surface area contributed by atoms with E-state index in [9.17, 15) is 14.9 Å². The highest BCUT2D eigenvalue weighted by atomic mass is 16.6. The fraction of sp³-hybridized carbons (Fsp3) is 0.188. The van der Waals surface area contributed by atoms with Crippen LogP contribution in [-0.4, -0.2) is 24.9 Å². The maximum Gasteiger partial charge on any atom is 0.282 e. The van der Waals surface area contributed by atoms with Crippen molar-refractivity contribution in [3.05, 3.63) is 69.8 Å². The van der Waals surface area contributed by atoms with Gasteiger partial charge < -0.3 is 10.2 Å². The number of benzene rings is 2. The first-order chi connectivity index (χ1) is 10.5. The largest absolute Gasteiger partial charge is 0.378 e. The van der Waals surface area contributed by atoms with E-state index in [1.54, 1.807) is 6.07 Å². The number of amides is 1. The van der Waals surface area contributed by atoms with Crippen LogP contribution < -0.4 is 10.2 Å². The predicted octanol–water partition coefficient (Wildman–Crippen LogP) is 2.59. The molecule has 0 bridgehead atoms. The Bertz CT molecular complexity index is 681. The van der Waals surface area contributed by atoms with Gasteiger partial charge in [0.2, 0.25) is 0 Å². The van der Waals surface area contributed by atoms with Gasteiger partial charge in [-0.05, 0) is 23.8 Å². The van der Waals surface area contributed by atoms with Crippen LogP contribution in [0, 0.1) is 10.1 Å². The lowest BCUT2D eigenvalue weighted by atomic mass is 10.1. The van der Waals surface area contributed by atoms with Crippen LogP contribution >= 0.6 is 0 Å². The minimum Gasteiger partial charge on any atom is -0.378 e. The highest BCUT2D eigenvalue weighted by Crippen LogP contribution is 2.17. The van der Waals surface area contributed by atoms with Gasteiger partial charge in [0.15, 0.2) is 0 Å². The minimum absolute atomic E-state index is 0.0670. The van der Waals surface area contributed by atoms with Crippen molar-refractivity contribution in [2.75, 3.05) is 19.0 Å². The molecule has 0 aromatic heterocycles. The first-order valence-electron chi connectivity index (χ1n) is 6.77. The lowest BCUT2D eigenvalue weighted by Gasteiger charge is -2.13. The molecule has 1 amide bonds. The molecule has 1 N–H and O–H groups in total. The Morgan fingerprint density at radius 3 is 2.36 bits per heavy atom. The molecule has 0 aliphatic rings. The van der Waals surface area contributed by atoms with Gasteiger partial charge in [-0.15, -0.1) is 0 Å². The molecule has 2 aromatic rings. The number of para-hydroxylation sites is 1. The number of anilines is 1. The number of nitro groups is 1. The summed E-state index contributed by atoms with van der Waals surface area (Å²) in [5, 5.41) is 13.6. The van der Waals surface area contributed by atoms with Crippen molar-refractivity contribution in [3.8, 4) is 0 Å². The Labute approximate surface area is 128 Å². The topological polar surface area (TPSA) is 75.5 Å². The standard InChI is InChI=1S/C16H17N3O3/c1-18(2)13-9-7-12(8-10-13)11-17-16(20)14-5-3-4-6-15(14)19(21)22/h3-10H,11H2,1-2H3,(H,17,20). The molecule has 0 aliphatic heterocycles. The highest BCUT2D eigenvalue weighted by Gasteiger charge is 2.18. The van der Waals surface area contributed by atoms with Gasteiger partial charge >= 0.3 is 0 Å². The molecule has 0 heterocycles. The third-order valence-corrected chi connectivity index (χ3v) is 3.25. The van der Waals surface area contributed by atoms with Crippen LogP contribution in [-0.2, 0) is 6.54 Å². The monoisotopic (exact) mass is 299 g/mol. The second kappa shape index (κ2) is 6.71. The number of rotatable bonds is 5. The average Bonchev–Trinajstić information content (AvgIpc) is 2.53. The zero-order chi connectivity index (χ0) is 16.1. The van der Waals surface area contributed by atoms with Crippen LogP contribution in [0.1, 0.15) is 15.9 Å². The molecule has 114 valence electrons. The summed E-state index contributed by atoms with van der Waals surface area (Å²) in [6, 6.07) is 13.6. The van der Waals surface area contributed by atoms with Crippen molar-refractivity contribution < 1.29 is 9.72 Å². The summed E-state index contributed by atoms with van der Waals surface area (Å²) in [6.07, 6.45) is 0. The molecular weight excluding hydrogens is 282 g/mol. The molecule has 6 heteroatoms. The lowest BCUT2D eigenvalue weighted by Crippen LogP contribution is -2.23. The lowest BCUT2D eigenvalue weighted by molar-refractivity contribution is -0.385. The van der Waals surface area contributed by atoms with E-state index in [2.05, 4.69) is 5.32 Å². The third kappa shape index (κ3) is 3.60. The van der Waals surface area contributed by atoms with Crippen molar-refractivity contribution in [1.29, 1.82) is 0 Å². The summed E-state index contributed by atoms with van der Waals surface area (Å²) in [5.41, 5.74) is 1.87. The molecule has 22 heavy (non-hydrogen) atoms. The Morgan fingerprint density at radius 2 is 1.77 bits per heavy atom. The second-order valence-corrected chi connectivity index (χ2v) is 5.02. The van der Waals surface area contributed by atoms with E-state index < -0.39 is 10.8 Å². The molecule has 0 spiro atoms. The Balaban J connectivity index is 2.05. The van der Waals surface area contributed by atoms with Gasteiger partial charge in [0.25, 0.3) is 11.6 Å². The van der Waals surface area contributed by atoms with Crippen molar-refractivity contribution in [2.24, 2.45) is 0 Å². The maximum atomic E-state index is 12.1. The summed E-state index contributed by atoms with van der Waals surface area (Å²) >= 11 is 0. The van der Waals surface area contributed by atoms with Crippen LogP contribution in [0.3, 0.4) is 0 Å². The summed E-state index contributed by atoms with van der Waals surface area (Å²) < 4.78 is 0. The van der Waals surface area contributed by atoms with Crippen LogP contribution in [0.15, 0.2) is 48.5 Å². The first-order valence-corrected chi connectivity index (χ1v) is 6.77. The summed E-state index contributed by atoms with van der Waals surface area (Å²) in [5.74, 6) is -0.455. The second-order valence-electron chi connectivity index (χ2n) is 5.02. The smallest absolute Gasteiger partial charge is 0.282 e. The van der Waals surface area contributed by atoms with Gasteiger partial charge in [-0.25, -0.2) is 0 Å². The van der Waals surface area contributed by atoms with E-state index >= 15 is 0 Å². The van der Waals surface area contributed by atoms with Gasteiger partial charge in [-0.3, -0.25) is 14.9 Å². The Morgan fingerprint density at radius 1 is 1.14 bits per heavy atom. The molecule has 0 atom stereocenters. The average molecular weight is 299 g/mol. The van der Waals surface area contributed by atoms with Crippen LogP contribution in [0.2, 0.25) is 0 Å². The van der Waals surface area contributed by atoms with Gasteiger partial charge in [-0.1, -0.05) is 24.3 Å². The number of hydrogen-bond acceptors (Lipinski definition) is 4. The fourth-order valence-electron chi connectivity index (χ4n) is 2.01. The number of hydrogen-bond donors (Lipinski definition) is 1. The minimum atomic E-state index is -0.555. The molecule has 0 radical (unpaired) electrons. The molecule has 0 fully saturated rings. The molecule has 2 aromatic carbocycles. The molecule has 0 aliphatic carbocycles. The zero-order valence-electron chi connectivity index (χ0n) is 12.4. The molecule has 0 saturated heterocycles. The Kier molecular flexibility index (Phi) is 4.73. The van der Waals surface area contributed by atoms with Crippen molar-refractivity contribution in [3.63, 3.8) is 0 Å². The van der Waals surface area contributed by atoms with Crippen LogP contribution in [0.5, 0.6) is 0 Å². The van der Waals surface area contributed by atoms with Gasteiger partial charge in [0.1, 0.15) is 5.56 Å². The van der Waals surface area contributed by atoms with E-state index in [1.165, 1.54) is 18.2 Å². The third-order valence-electron chi connectivity index (χ3n) is 3.25. The Hall–Kier alpha value is -2.89. The van der Waals surface area contributed by atoms with Crippen molar-refractivity contribution in [1.82, 2.24) is 5.32 Å². The molecule has 2 rings (SSSR count). The van der Waals surface area contributed by atoms with E-state index in [-0.39, 0.29) is 11.3 Å². The summed E-state index contributed by atoms with van der Waals surface area (Å²) in [7, 11) is 3.90. The molecule has 6 nitrogen and oxygen atoms in total. The molecule has 0 saturated carbocycles. The van der Waals surface area contributed by atoms with Gasteiger partial charge in [0, 0.05) is 32.4 Å². The number of nitrogens with zero attached hydrogens (tertiary/aromatic N) is 2. The highest BCUT2D eigenvalue weighted by molar-refractivity contribution is 5.98. The predicted molar refractivity (Wildman–Crippen MR) is 85.0 cm³/mol. The number of carbonyl (C=O) groups excluding carboxylic acids is 1. The van der Waals surface area contributed by atoms with E-state index in [0.717, 1.165) is 11.3 Å². The normalized spacial score (nSPS) is 10.1. The van der Waals surface area contributed by atoms with E-state index in [0.29, 0.717) is 6.54 Å². The van der Waals surface area contributed by atoms with Crippen LogP contribution in [0.25, 0.3) is 0 Å². The maximum absolute atomic E-state index is 12.1.